The molecule has 4 heteroatoms. The maximum atomic E-state index is 13.1. The van der Waals surface area contributed by atoms with E-state index in [0.29, 0.717) is 6.54 Å². The molecule has 128 valence electrons. The largest absolute Gasteiger partial charge is 0.218 e. The summed E-state index contributed by atoms with van der Waals surface area (Å²) < 4.78 is 28.0. The molecule has 1 atom stereocenters. The van der Waals surface area contributed by atoms with Crippen LogP contribution in [0.3, 0.4) is 0 Å². The lowest BCUT2D eigenvalue weighted by Crippen LogP contribution is -2.35. The van der Waals surface area contributed by atoms with Crippen LogP contribution in [0.1, 0.15) is 48.4 Å². The number of benzene rings is 2. The molecular formula is C20H25NO2S. The first-order valence-corrected chi connectivity index (χ1v) is 10.3. The Kier molecular flexibility index (Phi) is 5.36. The van der Waals surface area contributed by atoms with Crippen LogP contribution in [0.4, 0.5) is 0 Å². The average Bonchev–Trinajstić information content (AvgIpc) is 2.82. The molecule has 0 radical (unpaired) electrons. The van der Waals surface area contributed by atoms with E-state index in [0.717, 1.165) is 36.8 Å². The van der Waals surface area contributed by atoms with Crippen LogP contribution in [-0.2, 0) is 15.8 Å². The second-order valence-corrected chi connectivity index (χ2v) is 8.55. The topological polar surface area (TPSA) is 37.4 Å². The van der Waals surface area contributed by atoms with Crippen LogP contribution < -0.4 is 0 Å². The van der Waals surface area contributed by atoms with E-state index in [4.69, 9.17) is 0 Å². The summed E-state index contributed by atoms with van der Waals surface area (Å²) in [5.74, 6) is 0.0795. The van der Waals surface area contributed by atoms with Crippen molar-refractivity contribution in [3.63, 3.8) is 0 Å². The minimum absolute atomic E-state index is 0.0406. The number of sulfonamides is 1. The lowest BCUT2D eigenvalue weighted by molar-refractivity contribution is 0.328. The summed E-state index contributed by atoms with van der Waals surface area (Å²) in [6, 6.07) is 17.7. The molecule has 1 aliphatic rings. The molecular weight excluding hydrogens is 318 g/mol. The molecule has 1 fully saturated rings. The van der Waals surface area contributed by atoms with Crippen molar-refractivity contribution in [3.8, 4) is 0 Å². The second-order valence-electron chi connectivity index (χ2n) is 6.63. The lowest BCUT2D eigenvalue weighted by atomic mass is 10.0. The molecule has 1 aliphatic heterocycles. The molecule has 1 saturated heterocycles. The van der Waals surface area contributed by atoms with Crippen molar-refractivity contribution in [2.45, 2.75) is 44.4 Å². The van der Waals surface area contributed by atoms with Gasteiger partial charge in [0.15, 0.2) is 0 Å². The summed E-state index contributed by atoms with van der Waals surface area (Å²) in [7, 11) is -3.34. The Bertz CT molecular complexity index is 771. The van der Waals surface area contributed by atoms with Crippen molar-refractivity contribution in [2.24, 2.45) is 0 Å². The van der Waals surface area contributed by atoms with Crippen molar-refractivity contribution in [1.29, 1.82) is 0 Å². The van der Waals surface area contributed by atoms with Gasteiger partial charge < -0.3 is 0 Å². The maximum Gasteiger partial charge on any atom is 0.218 e. The zero-order chi connectivity index (χ0) is 17.0. The van der Waals surface area contributed by atoms with Gasteiger partial charge in [-0.3, -0.25) is 0 Å². The number of aryl methyl sites for hydroxylation is 1. The van der Waals surface area contributed by atoms with Gasteiger partial charge in [-0.2, -0.15) is 4.31 Å². The Balaban J connectivity index is 1.92. The summed E-state index contributed by atoms with van der Waals surface area (Å²) >= 11 is 0. The SMILES string of the molecule is Cc1cccc([C@H]2CCCCCN2S(=O)(=O)Cc2ccccc2)c1. The van der Waals surface area contributed by atoms with Crippen molar-refractivity contribution < 1.29 is 8.42 Å². The van der Waals surface area contributed by atoms with Gasteiger partial charge in [-0.25, -0.2) is 8.42 Å². The molecule has 2 aromatic rings. The Morgan fingerprint density at radius 2 is 1.79 bits per heavy atom. The van der Waals surface area contributed by atoms with Gasteiger partial charge in [0.2, 0.25) is 10.0 Å². The molecule has 24 heavy (non-hydrogen) atoms. The second kappa shape index (κ2) is 7.49. The molecule has 0 unspecified atom stereocenters. The van der Waals surface area contributed by atoms with E-state index in [1.165, 1.54) is 5.56 Å². The fraction of sp³-hybridized carbons (Fsp3) is 0.400. The molecule has 0 aliphatic carbocycles. The third-order valence-corrected chi connectivity index (χ3v) is 6.53. The standard InChI is InChI=1S/C20H25NO2S/c1-17-9-8-12-19(15-17)20-13-6-3-7-14-21(20)24(22,23)16-18-10-4-2-5-11-18/h2,4-5,8-12,15,20H,3,6-7,13-14,16H2,1H3/t20-/m1/s1. The highest BCUT2D eigenvalue weighted by Gasteiger charge is 2.32. The lowest BCUT2D eigenvalue weighted by Gasteiger charge is -2.30. The summed E-state index contributed by atoms with van der Waals surface area (Å²) in [5, 5.41) is 0. The van der Waals surface area contributed by atoms with Crippen LogP contribution in [0, 0.1) is 6.92 Å². The number of nitrogens with zero attached hydrogens (tertiary/aromatic N) is 1. The highest BCUT2D eigenvalue weighted by Crippen LogP contribution is 2.33. The summed E-state index contributed by atoms with van der Waals surface area (Å²) in [5.41, 5.74) is 3.15. The molecule has 0 amide bonds. The van der Waals surface area contributed by atoms with E-state index in [1.807, 2.05) is 36.4 Å². The predicted molar refractivity (Wildman–Crippen MR) is 98.2 cm³/mol. The van der Waals surface area contributed by atoms with Crippen LogP contribution in [0.2, 0.25) is 0 Å². The van der Waals surface area contributed by atoms with Gasteiger partial charge in [-0.05, 0) is 30.9 Å². The van der Waals surface area contributed by atoms with E-state index < -0.39 is 10.0 Å². The molecule has 0 spiro atoms. The molecule has 0 saturated carbocycles. The van der Waals surface area contributed by atoms with Gasteiger partial charge in [0, 0.05) is 12.6 Å². The molecule has 2 aromatic carbocycles. The molecule has 0 N–H and O–H groups in total. The Hall–Kier alpha value is -1.65. The monoisotopic (exact) mass is 343 g/mol. The highest BCUT2D eigenvalue weighted by atomic mass is 32.2. The average molecular weight is 343 g/mol. The third kappa shape index (κ3) is 4.05. The molecule has 3 rings (SSSR count). The minimum Gasteiger partial charge on any atom is -0.212 e. The van der Waals surface area contributed by atoms with E-state index in [9.17, 15) is 8.42 Å². The fourth-order valence-electron chi connectivity index (χ4n) is 3.49. The van der Waals surface area contributed by atoms with E-state index in [2.05, 4.69) is 25.1 Å². The smallest absolute Gasteiger partial charge is 0.212 e. The van der Waals surface area contributed by atoms with E-state index in [-0.39, 0.29) is 11.8 Å². The van der Waals surface area contributed by atoms with Gasteiger partial charge in [0.1, 0.15) is 0 Å². The van der Waals surface area contributed by atoms with Gasteiger partial charge in [0.05, 0.1) is 5.75 Å². The van der Waals surface area contributed by atoms with Crippen LogP contribution >= 0.6 is 0 Å². The summed E-state index contributed by atoms with van der Waals surface area (Å²) in [6.45, 7) is 2.68. The minimum atomic E-state index is -3.34. The normalized spacial score (nSPS) is 19.8. The van der Waals surface area contributed by atoms with Gasteiger partial charge >= 0.3 is 0 Å². The first kappa shape index (κ1) is 17.2. The van der Waals surface area contributed by atoms with Crippen molar-refractivity contribution in [3.05, 3.63) is 71.3 Å². The van der Waals surface area contributed by atoms with Gasteiger partial charge in [-0.1, -0.05) is 73.0 Å². The Labute approximate surface area is 145 Å². The fourth-order valence-corrected chi connectivity index (χ4v) is 5.29. The van der Waals surface area contributed by atoms with E-state index in [1.54, 1.807) is 4.31 Å². The Morgan fingerprint density at radius 1 is 1.00 bits per heavy atom. The van der Waals surface area contributed by atoms with Crippen LogP contribution in [0.5, 0.6) is 0 Å². The van der Waals surface area contributed by atoms with Crippen LogP contribution in [0.15, 0.2) is 54.6 Å². The molecule has 3 nitrogen and oxygen atoms in total. The number of hydrogen-bond donors (Lipinski definition) is 0. The zero-order valence-electron chi connectivity index (χ0n) is 14.2. The Morgan fingerprint density at radius 3 is 2.54 bits per heavy atom. The van der Waals surface area contributed by atoms with Gasteiger partial charge in [0.25, 0.3) is 0 Å². The van der Waals surface area contributed by atoms with E-state index >= 15 is 0 Å². The summed E-state index contributed by atoms with van der Waals surface area (Å²) in [6.07, 6.45) is 4.02. The first-order chi connectivity index (χ1) is 11.6. The summed E-state index contributed by atoms with van der Waals surface area (Å²) in [4.78, 5) is 0. The van der Waals surface area contributed by atoms with Crippen LogP contribution in [-0.4, -0.2) is 19.3 Å². The molecule has 0 bridgehead atoms. The van der Waals surface area contributed by atoms with Crippen LogP contribution in [0.25, 0.3) is 0 Å². The van der Waals surface area contributed by atoms with Crippen molar-refractivity contribution >= 4 is 10.0 Å². The molecule has 1 heterocycles. The molecule has 0 aromatic heterocycles. The first-order valence-electron chi connectivity index (χ1n) is 8.66. The van der Waals surface area contributed by atoms with Crippen molar-refractivity contribution in [1.82, 2.24) is 4.31 Å². The van der Waals surface area contributed by atoms with Gasteiger partial charge in [-0.15, -0.1) is 0 Å². The zero-order valence-corrected chi connectivity index (χ0v) is 15.0. The predicted octanol–water partition coefficient (Wildman–Crippen LogP) is 4.44. The van der Waals surface area contributed by atoms with Crippen molar-refractivity contribution in [2.75, 3.05) is 6.54 Å². The number of rotatable bonds is 4. The number of hydrogen-bond acceptors (Lipinski definition) is 2. The third-order valence-electron chi connectivity index (χ3n) is 4.68. The quantitative estimate of drug-likeness (QED) is 0.823. The highest BCUT2D eigenvalue weighted by molar-refractivity contribution is 7.88. The maximum absolute atomic E-state index is 13.1.